The number of aliphatic hydroxyl groups excluding tert-OH is 1. The first kappa shape index (κ1) is 18.0. The Morgan fingerprint density at radius 3 is 1.61 bits per heavy atom. The smallest absolute Gasteiger partial charge is 0.122 e. The van der Waals surface area contributed by atoms with Crippen molar-refractivity contribution in [1.82, 2.24) is 9.55 Å². The SMILES string of the molecule is C=CC(O)c1cncn1C(c1ccccc1)(c1ccccc1)c1ccccc1. The van der Waals surface area contributed by atoms with Gasteiger partial charge in [-0.2, -0.15) is 0 Å². The number of nitrogens with zero attached hydrogens (tertiary/aromatic N) is 2. The summed E-state index contributed by atoms with van der Waals surface area (Å²) in [6.07, 6.45) is 4.20. The summed E-state index contributed by atoms with van der Waals surface area (Å²) in [5, 5.41) is 10.6. The van der Waals surface area contributed by atoms with E-state index in [-0.39, 0.29) is 0 Å². The average molecular weight is 366 g/mol. The van der Waals surface area contributed by atoms with E-state index in [4.69, 9.17) is 0 Å². The normalized spacial score (nSPS) is 12.5. The van der Waals surface area contributed by atoms with E-state index in [1.807, 2.05) is 54.6 Å². The summed E-state index contributed by atoms with van der Waals surface area (Å²) in [7, 11) is 0. The average Bonchev–Trinajstić information content (AvgIpc) is 3.26. The van der Waals surface area contributed by atoms with Gasteiger partial charge in [-0.25, -0.2) is 4.98 Å². The van der Waals surface area contributed by atoms with Crippen LogP contribution in [-0.2, 0) is 5.54 Å². The topological polar surface area (TPSA) is 38.1 Å². The zero-order valence-electron chi connectivity index (χ0n) is 15.5. The van der Waals surface area contributed by atoms with Gasteiger partial charge < -0.3 is 9.67 Å². The lowest BCUT2D eigenvalue weighted by molar-refractivity contribution is 0.214. The molecule has 1 N–H and O–H groups in total. The largest absolute Gasteiger partial charge is 0.383 e. The van der Waals surface area contributed by atoms with Crippen LogP contribution in [-0.4, -0.2) is 14.7 Å². The number of benzene rings is 3. The molecule has 1 atom stereocenters. The van der Waals surface area contributed by atoms with E-state index in [0.717, 1.165) is 16.7 Å². The predicted octanol–water partition coefficient (Wildman–Crippen LogP) is 4.94. The molecule has 0 saturated carbocycles. The molecule has 1 heterocycles. The van der Waals surface area contributed by atoms with Crippen LogP contribution in [0.2, 0.25) is 0 Å². The van der Waals surface area contributed by atoms with Gasteiger partial charge >= 0.3 is 0 Å². The minimum absolute atomic E-state index is 0.681. The summed E-state index contributed by atoms with van der Waals surface area (Å²) >= 11 is 0. The molecule has 3 aromatic carbocycles. The molecule has 4 rings (SSSR count). The summed E-state index contributed by atoms with van der Waals surface area (Å²) < 4.78 is 2.05. The highest BCUT2D eigenvalue weighted by Gasteiger charge is 2.40. The Morgan fingerprint density at radius 1 is 0.786 bits per heavy atom. The van der Waals surface area contributed by atoms with Gasteiger partial charge in [-0.3, -0.25) is 0 Å². The number of hydrogen-bond donors (Lipinski definition) is 1. The Kier molecular flexibility index (Phi) is 4.92. The maximum absolute atomic E-state index is 10.6. The molecule has 138 valence electrons. The third-order valence-corrected chi connectivity index (χ3v) is 5.13. The number of rotatable bonds is 6. The Hall–Kier alpha value is -3.43. The van der Waals surface area contributed by atoms with E-state index in [0.29, 0.717) is 5.69 Å². The van der Waals surface area contributed by atoms with Crippen molar-refractivity contribution in [3.05, 3.63) is 139 Å². The molecule has 0 aliphatic rings. The molecule has 3 heteroatoms. The number of imidazole rings is 1. The quantitative estimate of drug-likeness (QED) is 0.388. The van der Waals surface area contributed by atoms with Crippen molar-refractivity contribution in [3.8, 4) is 0 Å². The molecular weight excluding hydrogens is 344 g/mol. The fraction of sp³-hybridized carbons (Fsp3) is 0.0800. The van der Waals surface area contributed by atoms with Crippen molar-refractivity contribution < 1.29 is 5.11 Å². The lowest BCUT2D eigenvalue weighted by Gasteiger charge is -2.39. The van der Waals surface area contributed by atoms with Crippen molar-refractivity contribution in [2.75, 3.05) is 0 Å². The zero-order chi connectivity index (χ0) is 19.4. The minimum atomic E-state index is -0.821. The van der Waals surface area contributed by atoms with E-state index in [2.05, 4.69) is 52.5 Å². The van der Waals surface area contributed by atoms with Gasteiger partial charge in [0.15, 0.2) is 0 Å². The van der Waals surface area contributed by atoms with Crippen LogP contribution in [0, 0.1) is 0 Å². The van der Waals surface area contributed by atoms with Crippen LogP contribution in [0.25, 0.3) is 0 Å². The standard InChI is InChI=1S/C25H22N2O/c1-2-24(28)23-18-26-19-27(23)25(20-12-6-3-7-13-20,21-14-8-4-9-15-21)22-16-10-5-11-17-22/h2-19,24,28H,1H2. The Morgan fingerprint density at radius 2 is 1.21 bits per heavy atom. The Bertz CT molecular complexity index is 943. The molecule has 3 nitrogen and oxygen atoms in total. The molecule has 0 amide bonds. The molecule has 28 heavy (non-hydrogen) atoms. The predicted molar refractivity (Wildman–Crippen MR) is 112 cm³/mol. The van der Waals surface area contributed by atoms with Gasteiger partial charge in [0, 0.05) is 0 Å². The molecule has 1 unspecified atom stereocenters. The van der Waals surface area contributed by atoms with Crippen LogP contribution < -0.4 is 0 Å². The van der Waals surface area contributed by atoms with Crippen LogP contribution in [0.3, 0.4) is 0 Å². The first-order chi connectivity index (χ1) is 13.8. The fourth-order valence-corrected chi connectivity index (χ4v) is 3.88. The molecule has 0 fully saturated rings. The van der Waals surface area contributed by atoms with Gasteiger partial charge in [0.05, 0.1) is 18.2 Å². The molecule has 1 aromatic heterocycles. The molecule has 4 aromatic rings. The van der Waals surface area contributed by atoms with E-state index < -0.39 is 11.6 Å². The molecular formula is C25H22N2O. The molecule has 0 bridgehead atoms. The second-order valence-electron chi connectivity index (χ2n) is 6.68. The highest BCUT2D eigenvalue weighted by molar-refractivity contribution is 5.51. The van der Waals surface area contributed by atoms with Crippen LogP contribution >= 0.6 is 0 Å². The number of aromatic nitrogens is 2. The van der Waals surface area contributed by atoms with Gasteiger partial charge in [-0.1, -0.05) is 97.1 Å². The fourth-order valence-electron chi connectivity index (χ4n) is 3.88. The molecule has 0 saturated heterocycles. The maximum Gasteiger partial charge on any atom is 0.122 e. The second kappa shape index (κ2) is 7.67. The highest BCUT2D eigenvalue weighted by atomic mass is 16.3. The molecule has 0 radical (unpaired) electrons. The maximum atomic E-state index is 10.6. The van der Waals surface area contributed by atoms with Crippen molar-refractivity contribution >= 4 is 0 Å². The van der Waals surface area contributed by atoms with Crippen molar-refractivity contribution in [3.63, 3.8) is 0 Å². The van der Waals surface area contributed by atoms with E-state index in [1.165, 1.54) is 6.08 Å². The van der Waals surface area contributed by atoms with Gasteiger partial charge in [0.25, 0.3) is 0 Å². The molecule has 0 aliphatic carbocycles. The van der Waals surface area contributed by atoms with E-state index in [9.17, 15) is 5.11 Å². The van der Waals surface area contributed by atoms with Gasteiger partial charge in [-0.15, -0.1) is 6.58 Å². The Balaban J connectivity index is 2.15. The van der Waals surface area contributed by atoms with Crippen molar-refractivity contribution in [2.45, 2.75) is 11.6 Å². The van der Waals surface area contributed by atoms with Gasteiger partial charge in [0.1, 0.15) is 11.6 Å². The summed E-state index contributed by atoms with van der Waals surface area (Å²) in [6, 6.07) is 31.0. The van der Waals surface area contributed by atoms with Crippen LogP contribution in [0.15, 0.2) is 116 Å². The lowest BCUT2D eigenvalue weighted by Crippen LogP contribution is -2.38. The molecule has 0 aliphatic heterocycles. The van der Waals surface area contributed by atoms with Crippen LogP contribution in [0.4, 0.5) is 0 Å². The van der Waals surface area contributed by atoms with Gasteiger partial charge in [-0.05, 0) is 16.7 Å². The first-order valence-corrected chi connectivity index (χ1v) is 9.28. The molecule has 0 spiro atoms. The minimum Gasteiger partial charge on any atom is -0.383 e. The third kappa shape index (κ3) is 2.86. The lowest BCUT2D eigenvalue weighted by atomic mass is 9.76. The highest BCUT2D eigenvalue weighted by Crippen LogP contribution is 2.42. The summed E-state index contributed by atoms with van der Waals surface area (Å²) in [4.78, 5) is 4.39. The van der Waals surface area contributed by atoms with Crippen molar-refractivity contribution in [1.29, 1.82) is 0 Å². The second-order valence-corrected chi connectivity index (χ2v) is 6.68. The monoisotopic (exact) mass is 366 g/mol. The summed E-state index contributed by atoms with van der Waals surface area (Å²) in [6.45, 7) is 3.77. The summed E-state index contributed by atoms with van der Waals surface area (Å²) in [5.41, 5.74) is 3.26. The van der Waals surface area contributed by atoms with E-state index in [1.54, 1.807) is 12.5 Å². The summed E-state index contributed by atoms with van der Waals surface area (Å²) in [5.74, 6) is 0. The van der Waals surface area contributed by atoms with Crippen LogP contribution in [0.5, 0.6) is 0 Å². The number of aliphatic hydroxyl groups is 1. The zero-order valence-corrected chi connectivity index (χ0v) is 15.5. The third-order valence-electron chi connectivity index (χ3n) is 5.13. The first-order valence-electron chi connectivity index (χ1n) is 9.28. The van der Waals surface area contributed by atoms with Gasteiger partial charge in [0.2, 0.25) is 0 Å². The number of hydrogen-bond acceptors (Lipinski definition) is 2. The van der Waals surface area contributed by atoms with Crippen LogP contribution in [0.1, 0.15) is 28.5 Å². The van der Waals surface area contributed by atoms with E-state index >= 15 is 0 Å². The van der Waals surface area contributed by atoms with Crippen molar-refractivity contribution in [2.24, 2.45) is 0 Å². The Labute approximate surface area is 165 Å².